The van der Waals surface area contributed by atoms with Gasteiger partial charge in [0, 0.05) is 18.0 Å². The van der Waals surface area contributed by atoms with E-state index in [0.29, 0.717) is 28.9 Å². The van der Waals surface area contributed by atoms with Gasteiger partial charge in [0.1, 0.15) is 0 Å². The number of hydrogen-bond donors (Lipinski definition) is 0. The highest BCUT2D eigenvalue weighted by Gasteiger charge is 2.22. The van der Waals surface area contributed by atoms with Crippen LogP contribution in [0.2, 0.25) is 10.0 Å². The van der Waals surface area contributed by atoms with Crippen molar-refractivity contribution in [2.45, 2.75) is 18.0 Å². The monoisotopic (exact) mass is 337 g/mol. The van der Waals surface area contributed by atoms with Gasteiger partial charge in [0.05, 0.1) is 15.8 Å². The minimum absolute atomic E-state index is 0.118. The van der Waals surface area contributed by atoms with E-state index in [1.54, 1.807) is 6.07 Å². The Balaban J connectivity index is 1.62. The number of benzene rings is 2. The van der Waals surface area contributed by atoms with E-state index in [2.05, 4.69) is 12.1 Å². The molecule has 1 amide bonds. The molecule has 2 nitrogen and oxygen atoms in total. The van der Waals surface area contributed by atoms with Crippen molar-refractivity contribution in [1.82, 2.24) is 4.90 Å². The molecule has 3 rings (SSSR count). The molecule has 0 fully saturated rings. The van der Waals surface area contributed by atoms with Crippen LogP contribution in [0.3, 0.4) is 0 Å². The standard InChI is InChI=1S/C16H13Cl2NOS/c17-13-6-3-7-14(16(13)18)21-10-15(20)19-8-11-4-1-2-5-12(11)9-19/h1-7H,8-10H2. The van der Waals surface area contributed by atoms with Gasteiger partial charge in [-0.05, 0) is 23.3 Å². The first kappa shape index (κ1) is 14.8. The van der Waals surface area contributed by atoms with E-state index >= 15 is 0 Å². The summed E-state index contributed by atoms with van der Waals surface area (Å²) in [5.41, 5.74) is 2.47. The zero-order chi connectivity index (χ0) is 14.8. The lowest BCUT2D eigenvalue weighted by Crippen LogP contribution is -2.26. The molecule has 1 aliphatic heterocycles. The van der Waals surface area contributed by atoms with Gasteiger partial charge in [0.2, 0.25) is 5.91 Å². The predicted octanol–water partition coefficient (Wildman–Crippen LogP) is 4.63. The van der Waals surface area contributed by atoms with Gasteiger partial charge in [-0.15, -0.1) is 11.8 Å². The van der Waals surface area contributed by atoms with Gasteiger partial charge in [-0.25, -0.2) is 0 Å². The molecule has 0 bridgehead atoms. The molecule has 2 aromatic carbocycles. The third-order valence-corrected chi connectivity index (χ3v) is 5.43. The van der Waals surface area contributed by atoms with Gasteiger partial charge >= 0.3 is 0 Å². The molecule has 0 atom stereocenters. The Kier molecular flexibility index (Phi) is 4.43. The number of nitrogens with zero attached hydrogens (tertiary/aromatic N) is 1. The van der Waals surface area contributed by atoms with Gasteiger partial charge in [0.25, 0.3) is 0 Å². The van der Waals surface area contributed by atoms with Crippen molar-refractivity contribution in [1.29, 1.82) is 0 Å². The Morgan fingerprint density at radius 3 is 2.38 bits per heavy atom. The highest BCUT2D eigenvalue weighted by Crippen LogP contribution is 2.33. The molecule has 21 heavy (non-hydrogen) atoms. The van der Waals surface area contributed by atoms with Crippen molar-refractivity contribution in [3.8, 4) is 0 Å². The summed E-state index contributed by atoms with van der Waals surface area (Å²) in [5, 5.41) is 1.03. The average molecular weight is 338 g/mol. The molecule has 2 aromatic rings. The first-order chi connectivity index (χ1) is 10.1. The average Bonchev–Trinajstić information content (AvgIpc) is 2.92. The number of hydrogen-bond acceptors (Lipinski definition) is 2. The number of fused-ring (bicyclic) bond motifs is 1. The van der Waals surface area contributed by atoms with E-state index in [9.17, 15) is 4.79 Å². The van der Waals surface area contributed by atoms with Crippen molar-refractivity contribution >= 4 is 40.9 Å². The van der Waals surface area contributed by atoms with E-state index in [1.165, 1.54) is 22.9 Å². The van der Waals surface area contributed by atoms with Crippen LogP contribution in [0.25, 0.3) is 0 Å². The van der Waals surface area contributed by atoms with Gasteiger partial charge in [0.15, 0.2) is 0 Å². The SMILES string of the molecule is O=C(CSc1cccc(Cl)c1Cl)N1Cc2ccccc2C1. The normalized spacial score (nSPS) is 13.3. The van der Waals surface area contributed by atoms with Crippen molar-refractivity contribution in [2.24, 2.45) is 0 Å². The topological polar surface area (TPSA) is 20.3 Å². The predicted molar refractivity (Wildman–Crippen MR) is 87.9 cm³/mol. The Bertz CT molecular complexity index is 665. The smallest absolute Gasteiger partial charge is 0.233 e. The Morgan fingerprint density at radius 1 is 1.05 bits per heavy atom. The second kappa shape index (κ2) is 6.30. The van der Waals surface area contributed by atoms with Crippen LogP contribution in [0.1, 0.15) is 11.1 Å². The highest BCUT2D eigenvalue weighted by molar-refractivity contribution is 8.00. The molecule has 1 aliphatic rings. The summed E-state index contributed by atoms with van der Waals surface area (Å²) in [6.07, 6.45) is 0. The molecule has 0 unspecified atom stereocenters. The van der Waals surface area contributed by atoms with Crippen LogP contribution in [0.15, 0.2) is 47.4 Å². The number of thioether (sulfide) groups is 1. The van der Waals surface area contributed by atoms with E-state index < -0.39 is 0 Å². The summed E-state index contributed by atoms with van der Waals surface area (Å²) in [5.74, 6) is 0.487. The second-order valence-electron chi connectivity index (χ2n) is 4.86. The van der Waals surface area contributed by atoms with Crippen LogP contribution in [0, 0.1) is 0 Å². The zero-order valence-corrected chi connectivity index (χ0v) is 13.5. The quantitative estimate of drug-likeness (QED) is 0.761. The molecule has 0 saturated heterocycles. The van der Waals surface area contributed by atoms with Crippen molar-refractivity contribution < 1.29 is 4.79 Å². The highest BCUT2D eigenvalue weighted by atomic mass is 35.5. The summed E-state index contributed by atoms with van der Waals surface area (Å²) in [4.78, 5) is 15.0. The first-order valence-electron chi connectivity index (χ1n) is 6.56. The lowest BCUT2D eigenvalue weighted by Gasteiger charge is -2.15. The number of rotatable bonds is 3. The first-order valence-corrected chi connectivity index (χ1v) is 8.30. The third kappa shape index (κ3) is 3.20. The largest absolute Gasteiger partial charge is 0.333 e. The van der Waals surface area contributed by atoms with Gasteiger partial charge in [-0.1, -0.05) is 53.5 Å². The molecule has 0 aliphatic carbocycles. The lowest BCUT2D eigenvalue weighted by atomic mass is 10.1. The van der Waals surface area contributed by atoms with E-state index in [1.807, 2.05) is 29.2 Å². The van der Waals surface area contributed by atoms with E-state index in [-0.39, 0.29) is 5.91 Å². The number of carbonyl (C=O) groups excluding carboxylic acids is 1. The minimum atomic E-state index is 0.118. The lowest BCUT2D eigenvalue weighted by molar-refractivity contribution is -0.128. The molecule has 0 saturated carbocycles. The van der Waals surface area contributed by atoms with Crippen molar-refractivity contribution in [3.05, 3.63) is 63.6 Å². The second-order valence-corrected chi connectivity index (χ2v) is 6.66. The summed E-state index contributed by atoms with van der Waals surface area (Å²) < 4.78 is 0. The summed E-state index contributed by atoms with van der Waals surface area (Å²) in [6, 6.07) is 13.6. The maximum Gasteiger partial charge on any atom is 0.233 e. The zero-order valence-electron chi connectivity index (χ0n) is 11.2. The molecule has 0 radical (unpaired) electrons. The molecule has 108 valence electrons. The fraction of sp³-hybridized carbons (Fsp3) is 0.188. The Labute approximate surface area is 138 Å². The van der Waals surface area contributed by atoms with Crippen LogP contribution in [0.5, 0.6) is 0 Å². The molecular weight excluding hydrogens is 325 g/mol. The summed E-state index contributed by atoms with van der Waals surface area (Å²) in [6.45, 7) is 1.39. The van der Waals surface area contributed by atoms with Crippen LogP contribution in [0.4, 0.5) is 0 Å². The summed E-state index contributed by atoms with van der Waals surface area (Å²) >= 11 is 13.5. The molecule has 0 aromatic heterocycles. The molecule has 5 heteroatoms. The number of amides is 1. The number of halogens is 2. The van der Waals surface area contributed by atoms with E-state index in [4.69, 9.17) is 23.2 Å². The van der Waals surface area contributed by atoms with Crippen LogP contribution in [-0.2, 0) is 17.9 Å². The summed E-state index contributed by atoms with van der Waals surface area (Å²) in [7, 11) is 0. The Morgan fingerprint density at radius 2 is 1.71 bits per heavy atom. The van der Waals surface area contributed by atoms with E-state index in [0.717, 1.165) is 4.90 Å². The maximum absolute atomic E-state index is 12.3. The fourth-order valence-corrected chi connectivity index (χ4v) is 3.73. The number of carbonyl (C=O) groups is 1. The van der Waals surface area contributed by atoms with Gasteiger partial charge in [-0.2, -0.15) is 0 Å². The van der Waals surface area contributed by atoms with Crippen LogP contribution in [-0.4, -0.2) is 16.6 Å². The molecular formula is C16H13Cl2NOS. The van der Waals surface area contributed by atoms with Gasteiger partial charge in [-0.3, -0.25) is 4.79 Å². The van der Waals surface area contributed by atoms with Crippen molar-refractivity contribution in [3.63, 3.8) is 0 Å². The molecule has 0 N–H and O–H groups in total. The van der Waals surface area contributed by atoms with Gasteiger partial charge < -0.3 is 4.90 Å². The minimum Gasteiger partial charge on any atom is -0.333 e. The maximum atomic E-state index is 12.3. The van der Waals surface area contributed by atoms with Crippen LogP contribution >= 0.6 is 35.0 Å². The van der Waals surface area contributed by atoms with Crippen LogP contribution < -0.4 is 0 Å². The fourth-order valence-electron chi connectivity index (χ4n) is 2.34. The molecule has 0 spiro atoms. The Hall–Kier alpha value is -1.16. The third-order valence-electron chi connectivity index (χ3n) is 3.46. The van der Waals surface area contributed by atoms with Crippen molar-refractivity contribution in [2.75, 3.05) is 5.75 Å². The molecule has 1 heterocycles.